The van der Waals surface area contributed by atoms with E-state index in [-0.39, 0.29) is 0 Å². The summed E-state index contributed by atoms with van der Waals surface area (Å²) in [5.41, 5.74) is 0.0819. The molecule has 1 unspecified atom stereocenters. The van der Waals surface area contributed by atoms with Gasteiger partial charge in [-0.2, -0.15) is 5.26 Å². The highest BCUT2D eigenvalue weighted by atomic mass is 16.3. The van der Waals surface area contributed by atoms with Crippen molar-refractivity contribution in [2.45, 2.75) is 25.4 Å². The zero-order valence-electron chi connectivity index (χ0n) is 9.61. The van der Waals surface area contributed by atoms with Crippen molar-refractivity contribution >= 4 is 0 Å². The minimum absolute atomic E-state index is 0.467. The van der Waals surface area contributed by atoms with E-state index in [1.165, 1.54) is 0 Å². The van der Waals surface area contributed by atoms with Crippen molar-refractivity contribution in [1.29, 1.82) is 5.26 Å². The Morgan fingerprint density at radius 3 is 2.62 bits per heavy atom. The molecule has 0 aliphatic carbocycles. The summed E-state index contributed by atoms with van der Waals surface area (Å²) in [6.45, 7) is 3.06. The fraction of sp³-hybridized carbons (Fsp3) is 0.462. The maximum atomic E-state index is 10.4. The van der Waals surface area contributed by atoms with Gasteiger partial charge < -0.3 is 10.4 Å². The van der Waals surface area contributed by atoms with E-state index in [0.717, 1.165) is 5.56 Å². The molecule has 2 N–H and O–H groups in total. The number of aliphatic hydroxyl groups is 1. The van der Waals surface area contributed by atoms with Crippen LogP contribution in [0.25, 0.3) is 0 Å². The fourth-order valence-electron chi connectivity index (χ4n) is 1.62. The summed E-state index contributed by atoms with van der Waals surface area (Å²) in [5, 5.41) is 22.0. The van der Waals surface area contributed by atoms with Crippen LogP contribution in [0.2, 0.25) is 0 Å². The average molecular weight is 218 g/mol. The molecule has 0 bridgehead atoms. The zero-order chi connectivity index (χ0) is 11.9. The molecule has 1 rings (SSSR count). The first kappa shape index (κ1) is 12.7. The smallest absolute Gasteiger partial charge is 0.102 e. The van der Waals surface area contributed by atoms with Gasteiger partial charge in [-0.05, 0) is 12.0 Å². The van der Waals surface area contributed by atoms with Crippen molar-refractivity contribution in [1.82, 2.24) is 5.32 Å². The van der Waals surface area contributed by atoms with Gasteiger partial charge in [-0.1, -0.05) is 37.3 Å². The SMILES string of the molecule is CCC(O)(CNCCC#N)c1ccccc1. The number of nitriles is 1. The summed E-state index contributed by atoms with van der Waals surface area (Å²) in [6.07, 6.45) is 1.12. The lowest BCUT2D eigenvalue weighted by Crippen LogP contribution is -2.37. The largest absolute Gasteiger partial charge is 0.384 e. The van der Waals surface area contributed by atoms with Crippen LogP contribution in [0.3, 0.4) is 0 Å². The second-order valence-electron chi connectivity index (χ2n) is 3.84. The minimum Gasteiger partial charge on any atom is -0.384 e. The van der Waals surface area contributed by atoms with Crippen molar-refractivity contribution in [3.63, 3.8) is 0 Å². The lowest BCUT2D eigenvalue weighted by molar-refractivity contribution is 0.0330. The maximum absolute atomic E-state index is 10.4. The van der Waals surface area contributed by atoms with Crippen LogP contribution in [0.15, 0.2) is 30.3 Å². The van der Waals surface area contributed by atoms with Gasteiger partial charge in [0, 0.05) is 19.5 Å². The molecule has 0 radical (unpaired) electrons. The monoisotopic (exact) mass is 218 g/mol. The molecule has 0 fully saturated rings. The Morgan fingerprint density at radius 2 is 2.06 bits per heavy atom. The topological polar surface area (TPSA) is 56.0 Å². The normalized spacial score (nSPS) is 14.1. The van der Waals surface area contributed by atoms with E-state index in [9.17, 15) is 5.11 Å². The molecule has 0 aliphatic rings. The number of nitrogens with zero attached hydrogens (tertiary/aromatic N) is 1. The van der Waals surface area contributed by atoms with Gasteiger partial charge in [0.25, 0.3) is 0 Å². The highest BCUT2D eigenvalue weighted by Gasteiger charge is 2.25. The minimum atomic E-state index is -0.837. The number of nitrogens with one attached hydrogen (secondary N) is 1. The Labute approximate surface area is 96.7 Å². The molecule has 0 heterocycles. The summed E-state index contributed by atoms with van der Waals surface area (Å²) in [5.74, 6) is 0. The second-order valence-corrected chi connectivity index (χ2v) is 3.84. The third kappa shape index (κ3) is 3.34. The maximum Gasteiger partial charge on any atom is 0.102 e. The van der Waals surface area contributed by atoms with E-state index in [1.807, 2.05) is 37.3 Å². The van der Waals surface area contributed by atoms with Gasteiger partial charge in [-0.15, -0.1) is 0 Å². The number of hydrogen-bond acceptors (Lipinski definition) is 3. The standard InChI is InChI=1S/C13H18N2O/c1-2-13(16,11-15-10-6-9-14)12-7-4-3-5-8-12/h3-5,7-8,15-16H,2,6,10-11H2,1H3. The summed E-state index contributed by atoms with van der Waals surface area (Å²) in [4.78, 5) is 0. The van der Waals surface area contributed by atoms with Crippen molar-refractivity contribution in [3.8, 4) is 6.07 Å². The predicted molar refractivity (Wildman–Crippen MR) is 63.7 cm³/mol. The number of benzene rings is 1. The molecule has 0 spiro atoms. The predicted octanol–water partition coefficient (Wildman–Crippen LogP) is 1.79. The van der Waals surface area contributed by atoms with Gasteiger partial charge in [0.05, 0.1) is 6.07 Å². The molecular weight excluding hydrogens is 200 g/mol. The second kappa shape index (κ2) is 6.26. The Morgan fingerprint density at radius 1 is 1.38 bits per heavy atom. The van der Waals surface area contributed by atoms with E-state index in [2.05, 4.69) is 11.4 Å². The molecular formula is C13H18N2O. The first-order valence-corrected chi connectivity index (χ1v) is 5.58. The van der Waals surface area contributed by atoms with Crippen LogP contribution in [0, 0.1) is 11.3 Å². The molecule has 0 saturated heterocycles. The van der Waals surface area contributed by atoms with Crippen LogP contribution < -0.4 is 5.32 Å². The number of rotatable bonds is 6. The van der Waals surface area contributed by atoms with Crippen LogP contribution in [0.1, 0.15) is 25.3 Å². The first-order valence-electron chi connectivity index (χ1n) is 5.58. The lowest BCUT2D eigenvalue weighted by Gasteiger charge is -2.27. The Kier molecular flexibility index (Phi) is 4.97. The molecule has 3 nitrogen and oxygen atoms in total. The van der Waals surface area contributed by atoms with Gasteiger partial charge in [-0.25, -0.2) is 0 Å². The third-order valence-corrected chi connectivity index (χ3v) is 2.73. The van der Waals surface area contributed by atoms with Gasteiger partial charge in [0.2, 0.25) is 0 Å². The van der Waals surface area contributed by atoms with Crippen LogP contribution in [-0.2, 0) is 5.60 Å². The molecule has 0 amide bonds. The molecule has 86 valence electrons. The van der Waals surface area contributed by atoms with Crippen LogP contribution >= 0.6 is 0 Å². The molecule has 1 aromatic rings. The van der Waals surface area contributed by atoms with Gasteiger partial charge in [0.1, 0.15) is 5.60 Å². The van der Waals surface area contributed by atoms with Crippen molar-refractivity contribution in [3.05, 3.63) is 35.9 Å². The molecule has 0 aliphatic heterocycles. The lowest BCUT2D eigenvalue weighted by atomic mass is 9.91. The Bertz CT molecular complexity index is 345. The molecule has 1 aromatic carbocycles. The fourth-order valence-corrected chi connectivity index (χ4v) is 1.62. The van der Waals surface area contributed by atoms with Crippen molar-refractivity contribution in [2.75, 3.05) is 13.1 Å². The summed E-state index contributed by atoms with van der Waals surface area (Å²) in [6, 6.07) is 11.7. The molecule has 3 heteroatoms. The Balaban J connectivity index is 2.60. The molecule has 1 atom stereocenters. The van der Waals surface area contributed by atoms with Gasteiger partial charge in [-0.3, -0.25) is 0 Å². The van der Waals surface area contributed by atoms with E-state index in [1.54, 1.807) is 0 Å². The van der Waals surface area contributed by atoms with E-state index >= 15 is 0 Å². The van der Waals surface area contributed by atoms with E-state index < -0.39 is 5.60 Å². The Hall–Kier alpha value is -1.37. The summed E-state index contributed by atoms with van der Waals surface area (Å²) < 4.78 is 0. The van der Waals surface area contributed by atoms with Crippen LogP contribution in [0.5, 0.6) is 0 Å². The quantitative estimate of drug-likeness (QED) is 0.716. The highest BCUT2D eigenvalue weighted by molar-refractivity contribution is 5.22. The molecule has 0 aromatic heterocycles. The molecule has 0 saturated carbocycles. The average Bonchev–Trinajstić information content (AvgIpc) is 2.35. The van der Waals surface area contributed by atoms with Crippen LogP contribution in [-0.4, -0.2) is 18.2 Å². The third-order valence-electron chi connectivity index (χ3n) is 2.73. The first-order chi connectivity index (χ1) is 7.73. The zero-order valence-corrected chi connectivity index (χ0v) is 9.61. The summed E-state index contributed by atoms with van der Waals surface area (Å²) in [7, 11) is 0. The number of hydrogen-bond donors (Lipinski definition) is 2. The van der Waals surface area contributed by atoms with Crippen molar-refractivity contribution < 1.29 is 5.11 Å². The molecule has 16 heavy (non-hydrogen) atoms. The summed E-state index contributed by atoms with van der Waals surface area (Å²) >= 11 is 0. The van der Waals surface area contributed by atoms with E-state index in [0.29, 0.717) is 25.9 Å². The van der Waals surface area contributed by atoms with E-state index in [4.69, 9.17) is 5.26 Å². The van der Waals surface area contributed by atoms with Gasteiger partial charge >= 0.3 is 0 Å². The van der Waals surface area contributed by atoms with Crippen molar-refractivity contribution in [2.24, 2.45) is 0 Å². The van der Waals surface area contributed by atoms with Crippen LogP contribution in [0.4, 0.5) is 0 Å². The van der Waals surface area contributed by atoms with Gasteiger partial charge in [0.15, 0.2) is 0 Å². The highest BCUT2D eigenvalue weighted by Crippen LogP contribution is 2.23.